The summed E-state index contributed by atoms with van der Waals surface area (Å²) in [5, 5.41) is 15.5. The van der Waals surface area contributed by atoms with Gasteiger partial charge in [-0.2, -0.15) is 0 Å². The maximum absolute atomic E-state index is 12.9. The molecule has 3 rings (SSSR count). The van der Waals surface area contributed by atoms with Crippen LogP contribution in [0, 0.1) is 0 Å². The highest BCUT2D eigenvalue weighted by Crippen LogP contribution is 2.28. The molecule has 0 aromatic heterocycles. The van der Waals surface area contributed by atoms with E-state index in [1.165, 1.54) is 4.90 Å². The molecule has 2 aliphatic rings. The summed E-state index contributed by atoms with van der Waals surface area (Å²) < 4.78 is 5.25. The van der Waals surface area contributed by atoms with Gasteiger partial charge in [-0.15, -0.1) is 0 Å². The number of rotatable bonds is 6. The predicted molar refractivity (Wildman–Crippen MR) is 109 cm³/mol. The molecule has 0 aliphatic carbocycles. The highest BCUT2D eigenvalue weighted by atomic mass is 16.6. The van der Waals surface area contributed by atoms with E-state index in [2.05, 4.69) is 10.6 Å². The zero-order valence-electron chi connectivity index (χ0n) is 17.8. The lowest BCUT2D eigenvalue weighted by Crippen LogP contribution is -2.51. The average Bonchev–Trinajstić information content (AvgIpc) is 2.93. The fraction of sp³-hybridized carbons (Fsp3) is 0.524. The van der Waals surface area contributed by atoms with Crippen LogP contribution in [0.15, 0.2) is 30.3 Å². The second-order valence-corrected chi connectivity index (χ2v) is 8.70. The minimum Gasteiger partial charge on any atom is -0.444 e. The van der Waals surface area contributed by atoms with E-state index in [0.717, 1.165) is 0 Å². The Morgan fingerprint density at radius 3 is 2.52 bits per heavy atom. The van der Waals surface area contributed by atoms with Crippen molar-refractivity contribution in [2.24, 2.45) is 0 Å². The zero-order valence-corrected chi connectivity index (χ0v) is 17.8. The maximum Gasteiger partial charge on any atom is 0.408 e. The smallest absolute Gasteiger partial charge is 0.408 e. The summed E-state index contributed by atoms with van der Waals surface area (Å²) in [6.07, 6.45) is 0.147. The Balaban J connectivity index is 1.64. The molecule has 2 aliphatic heterocycles. The first-order valence-corrected chi connectivity index (χ1v) is 10.2. The number of amides is 4. The van der Waals surface area contributed by atoms with Crippen molar-refractivity contribution in [3.63, 3.8) is 0 Å². The summed E-state index contributed by atoms with van der Waals surface area (Å²) in [6, 6.07) is 5.99. The van der Waals surface area contributed by atoms with E-state index in [0.29, 0.717) is 23.5 Å². The first-order chi connectivity index (χ1) is 14.6. The number of nitrogens with one attached hydrogen (secondary N) is 2. The lowest BCUT2D eigenvalue weighted by atomic mass is 9.99. The van der Waals surface area contributed by atoms with Crippen molar-refractivity contribution >= 4 is 23.8 Å². The van der Waals surface area contributed by atoms with Crippen molar-refractivity contribution in [2.75, 3.05) is 13.1 Å². The number of fused-ring (bicyclic) bond motifs is 2. The second kappa shape index (κ2) is 8.93. The molecule has 4 amide bonds. The number of nitrogens with zero attached hydrogens (tertiary/aromatic N) is 2. The summed E-state index contributed by atoms with van der Waals surface area (Å²) in [4.78, 5) is 51.1. The van der Waals surface area contributed by atoms with Gasteiger partial charge in [-0.25, -0.2) is 14.7 Å². The van der Waals surface area contributed by atoms with Crippen LogP contribution in [0.3, 0.4) is 0 Å². The fourth-order valence-electron chi connectivity index (χ4n) is 3.74. The summed E-state index contributed by atoms with van der Waals surface area (Å²) in [5.41, 5.74) is -0.177. The van der Waals surface area contributed by atoms with Gasteiger partial charge in [-0.3, -0.25) is 14.8 Å². The minimum atomic E-state index is -1.01. The zero-order chi connectivity index (χ0) is 22.8. The number of hydrogen-bond donors (Lipinski definition) is 3. The molecule has 168 valence electrons. The van der Waals surface area contributed by atoms with Gasteiger partial charge in [0, 0.05) is 6.54 Å². The summed E-state index contributed by atoms with van der Waals surface area (Å²) in [6.45, 7) is 5.09. The van der Waals surface area contributed by atoms with Crippen molar-refractivity contribution in [1.82, 2.24) is 20.6 Å². The van der Waals surface area contributed by atoms with E-state index in [1.807, 2.05) is 0 Å². The van der Waals surface area contributed by atoms with Gasteiger partial charge in [0.2, 0.25) is 5.91 Å². The Morgan fingerprint density at radius 2 is 1.87 bits per heavy atom. The molecule has 1 aromatic rings. The molecule has 31 heavy (non-hydrogen) atoms. The van der Waals surface area contributed by atoms with Crippen LogP contribution in [-0.4, -0.2) is 69.8 Å². The lowest BCUT2D eigenvalue weighted by molar-refractivity contribution is -0.129. The average molecular weight is 432 g/mol. The van der Waals surface area contributed by atoms with Crippen LogP contribution in [0.25, 0.3) is 0 Å². The molecule has 2 saturated heterocycles. The predicted octanol–water partition coefficient (Wildman–Crippen LogP) is 1.60. The molecule has 2 fully saturated rings. The van der Waals surface area contributed by atoms with E-state index in [9.17, 15) is 24.4 Å². The van der Waals surface area contributed by atoms with Gasteiger partial charge in [-0.05, 0) is 39.2 Å². The number of carbonyl (C=O) groups is 4. The molecule has 3 N–H and O–H groups in total. The van der Waals surface area contributed by atoms with Crippen LogP contribution in [0.5, 0.6) is 0 Å². The van der Waals surface area contributed by atoms with E-state index in [4.69, 9.17) is 4.74 Å². The quantitative estimate of drug-likeness (QED) is 0.586. The number of ketones is 1. The molecule has 1 unspecified atom stereocenters. The van der Waals surface area contributed by atoms with Crippen molar-refractivity contribution < 1.29 is 29.1 Å². The number of Topliss-reactive ketones (excluding diaryl/α,β-unsaturated/α-hetero) is 1. The van der Waals surface area contributed by atoms with Crippen LogP contribution in [0.2, 0.25) is 0 Å². The van der Waals surface area contributed by atoms with E-state index < -0.39 is 41.5 Å². The Bertz CT molecular complexity index is 853. The van der Waals surface area contributed by atoms with Crippen LogP contribution < -0.4 is 10.6 Å². The molecule has 2 heterocycles. The van der Waals surface area contributed by atoms with Crippen LogP contribution in [-0.2, 0) is 14.3 Å². The number of ether oxygens (including phenoxy) is 1. The highest BCUT2D eigenvalue weighted by molar-refractivity contribution is 5.94. The molecule has 1 aromatic carbocycles. The lowest BCUT2D eigenvalue weighted by Gasteiger charge is -2.29. The molecule has 2 bridgehead atoms. The van der Waals surface area contributed by atoms with Crippen LogP contribution in [0.4, 0.5) is 9.59 Å². The van der Waals surface area contributed by atoms with Crippen LogP contribution >= 0.6 is 0 Å². The van der Waals surface area contributed by atoms with Crippen LogP contribution in [0.1, 0.15) is 45.2 Å². The van der Waals surface area contributed by atoms with Gasteiger partial charge >= 0.3 is 12.1 Å². The molecular formula is C21H28N4O6. The van der Waals surface area contributed by atoms with Gasteiger partial charge < -0.3 is 20.3 Å². The maximum atomic E-state index is 12.9. The Morgan fingerprint density at radius 1 is 1.19 bits per heavy atom. The normalized spacial score (nSPS) is 21.5. The Kier molecular flexibility index (Phi) is 6.49. The number of carbonyl (C=O) groups excluding carboxylic acids is 4. The SMILES string of the molecule is CC(C)(C)OC(=O)NC(C(=O)CNC(=O)[C@@H]1CC[C@@H]2CN1C(=O)N2O)c1ccccc1. The number of urea groups is 1. The molecule has 3 atom stereocenters. The van der Waals surface area contributed by atoms with Gasteiger partial charge in [0.15, 0.2) is 5.78 Å². The highest BCUT2D eigenvalue weighted by Gasteiger charge is 2.46. The van der Waals surface area contributed by atoms with Crippen molar-refractivity contribution in [3.05, 3.63) is 35.9 Å². The minimum absolute atomic E-state index is 0.272. The Hall–Kier alpha value is -3.14. The summed E-state index contributed by atoms with van der Waals surface area (Å²) >= 11 is 0. The third-order valence-electron chi connectivity index (χ3n) is 5.20. The van der Waals surface area contributed by atoms with Gasteiger partial charge in [0.05, 0.1) is 12.6 Å². The van der Waals surface area contributed by atoms with E-state index >= 15 is 0 Å². The monoisotopic (exact) mass is 432 g/mol. The van der Waals surface area contributed by atoms with E-state index in [-0.39, 0.29) is 19.1 Å². The molecule has 0 saturated carbocycles. The largest absolute Gasteiger partial charge is 0.444 e. The van der Waals surface area contributed by atoms with Gasteiger partial charge in [0.1, 0.15) is 17.7 Å². The second-order valence-electron chi connectivity index (χ2n) is 8.70. The topological polar surface area (TPSA) is 128 Å². The molecule has 0 spiro atoms. The number of alkyl carbamates (subject to hydrolysis) is 1. The van der Waals surface area contributed by atoms with Crippen molar-refractivity contribution in [1.29, 1.82) is 0 Å². The third-order valence-corrected chi connectivity index (χ3v) is 5.20. The first kappa shape index (κ1) is 22.5. The number of piperidine rings is 1. The first-order valence-electron chi connectivity index (χ1n) is 10.2. The molecule has 10 heteroatoms. The van der Waals surface area contributed by atoms with Gasteiger partial charge in [-0.1, -0.05) is 30.3 Å². The molecular weight excluding hydrogens is 404 g/mol. The van der Waals surface area contributed by atoms with Crippen molar-refractivity contribution in [3.8, 4) is 0 Å². The van der Waals surface area contributed by atoms with Gasteiger partial charge in [0.25, 0.3) is 0 Å². The Labute approximate surface area is 180 Å². The summed E-state index contributed by atoms with van der Waals surface area (Å²) in [7, 11) is 0. The summed E-state index contributed by atoms with van der Waals surface area (Å²) in [5.74, 6) is -0.907. The standard InChI is InChI=1S/C21H28N4O6/c1-21(2,3)31-19(28)23-17(13-7-5-4-6-8-13)16(26)11-22-18(27)15-10-9-14-12-24(15)20(29)25(14)30/h4-8,14-15,17,30H,9-12H2,1-3H3,(H,22,27)(H,23,28)/t14-,15+,17?/m1/s1. The van der Waals surface area contributed by atoms with E-state index in [1.54, 1.807) is 51.1 Å². The molecule has 0 radical (unpaired) electrons. The number of benzene rings is 1. The number of hydrogen-bond acceptors (Lipinski definition) is 6. The molecule has 10 nitrogen and oxygen atoms in total. The third kappa shape index (κ3) is 5.32. The fourth-order valence-corrected chi connectivity index (χ4v) is 3.74. The van der Waals surface area contributed by atoms with Crippen molar-refractivity contribution in [2.45, 2.75) is 57.3 Å². The number of hydroxylamine groups is 2.